The Balaban J connectivity index is 1.91. The molecule has 0 unspecified atom stereocenters. The molecular formula is C10H12N4OS2. The van der Waals surface area contributed by atoms with Gasteiger partial charge in [0.25, 0.3) is 0 Å². The summed E-state index contributed by atoms with van der Waals surface area (Å²) < 4.78 is 0. The molecule has 0 radical (unpaired) electrons. The van der Waals surface area contributed by atoms with Crippen molar-refractivity contribution in [2.75, 3.05) is 12.8 Å². The largest absolute Gasteiger partial charge is 0.375 e. The summed E-state index contributed by atoms with van der Waals surface area (Å²) >= 11 is 2.87. The third-order valence-corrected chi connectivity index (χ3v) is 3.57. The first-order chi connectivity index (χ1) is 8.15. The Morgan fingerprint density at radius 1 is 1.47 bits per heavy atom. The van der Waals surface area contributed by atoms with E-state index in [9.17, 15) is 4.79 Å². The lowest BCUT2D eigenvalue weighted by molar-refractivity contribution is -0.129. The molecule has 2 aromatic heterocycles. The van der Waals surface area contributed by atoms with Crippen molar-refractivity contribution in [3.05, 3.63) is 27.7 Å². The molecule has 2 heterocycles. The fourth-order valence-corrected chi connectivity index (χ4v) is 2.45. The Morgan fingerprint density at radius 2 is 2.29 bits per heavy atom. The van der Waals surface area contributed by atoms with Gasteiger partial charge in [-0.25, -0.2) is 9.97 Å². The minimum absolute atomic E-state index is 0.0169. The maximum absolute atomic E-state index is 11.9. The lowest BCUT2D eigenvalue weighted by atomic mass is 10.3. The standard InChI is InChI=1S/C10H12N4OS2/c1-14(3-8-4-16-6-12-8)9(15)2-7-5-17-10(11)13-7/h4-6H,2-3H2,1H3,(H2,11,13). The molecule has 90 valence electrons. The second kappa shape index (κ2) is 5.24. The first-order valence-electron chi connectivity index (χ1n) is 4.96. The van der Waals surface area contributed by atoms with Crippen LogP contribution in [0.2, 0.25) is 0 Å². The summed E-state index contributed by atoms with van der Waals surface area (Å²) in [6.07, 6.45) is 0.286. The summed E-state index contributed by atoms with van der Waals surface area (Å²) in [6.45, 7) is 0.530. The molecule has 0 saturated heterocycles. The molecule has 17 heavy (non-hydrogen) atoms. The normalized spacial score (nSPS) is 10.4. The van der Waals surface area contributed by atoms with Crippen molar-refractivity contribution in [3.63, 3.8) is 0 Å². The molecule has 5 nitrogen and oxygen atoms in total. The number of carbonyl (C=O) groups is 1. The Bertz CT molecular complexity index is 494. The molecule has 1 amide bonds. The van der Waals surface area contributed by atoms with Gasteiger partial charge in [0.1, 0.15) is 0 Å². The van der Waals surface area contributed by atoms with Crippen LogP contribution in [0.4, 0.5) is 5.13 Å². The third kappa shape index (κ3) is 3.24. The van der Waals surface area contributed by atoms with Crippen molar-refractivity contribution in [1.29, 1.82) is 0 Å². The first-order valence-corrected chi connectivity index (χ1v) is 6.78. The van der Waals surface area contributed by atoms with E-state index in [1.54, 1.807) is 17.5 Å². The molecule has 0 spiro atoms. The van der Waals surface area contributed by atoms with E-state index in [0.717, 1.165) is 11.4 Å². The lowest BCUT2D eigenvalue weighted by Crippen LogP contribution is -2.27. The van der Waals surface area contributed by atoms with Crippen molar-refractivity contribution < 1.29 is 4.79 Å². The fourth-order valence-electron chi connectivity index (χ4n) is 1.34. The predicted molar refractivity (Wildman–Crippen MR) is 68.8 cm³/mol. The molecule has 0 bridgehead atoms. The number of nitrogens with two attached hydrogens (primary N) is 1. The van der Waals surface area contributed by atoms with Crippen LogP contribution >= 0.6 is 22.7 Å². The van der Waals surface area contributed by atoms with Crippen molar-refractivity contribution in [2.45, 2.75) is 13.0 Å². The molecule has 7 heteroatoms. The van der Waals surface area contributed by atoms with Crippen LogP contribution < -0.4 is 5.73 Å². The van der Waals surface area contributed by atoms with E-state index in [1.807, 2.05) is 10.8 Å². The average Bonchev–Trinajstić information content (AvgIpc) is 2.90. The zero-order valence-electron chi connectivity index (χ0n) is 9.29. The van der Waals surface area contributed by atoms with Crippen LogP contribution in [0.3, 0.4) is 0 Å². The van der Waals surface area contributed by atoms with Gasteiger partial charge in [-0.05, 0) is 0 Å². The summed E-state index contributed by atoms with van der Waals surface area (Å²) in [5, 5.41) is 4.24. The van der Waals surface area contributed by atoms with Crippen LogP contribution in [0.15, 0.2) is 16.3 Å². The highest BCUT2D eigenvalue weighted by molar-refractivity contribution is 7.13. The van der Waals surface area contributed by atoms with E-state index in [1.165, 1.54) is 22.7 Å². The highest BCUT2D eigenvalue weighted by atomic mass is 32.1. The Labute approximate surface area is 107 Å². The van der Waals surface area contributed by atoms with Crippen molar-refractivity contribution in [2.24, 2.45) is 0 Å². The van der Waals surface area contributed by atoms with Crippen LogP contribution in [0.25, 0.3) is 0 Å². The molecule has 0 aliphatic heterocycles. The number of thiazole rings is 2. The number of anilines is 1. The Hall–Kier alpha value is -1.47. The predicted octanol–water partition coefficient (Wildman–Crippen LogP) is 1.38. The number of nitrogen functional groups attached to an aromatic ring is 1. The van der Waals surface area contributed by atoms with E-state index in [-0.39, 0.29) is 12.3 Å². The molecule has 2 aromatic rings. The van der Waals surface area contributed by atoms with Gasteiger partial charge >= 0.3 is 0 Å². The van der Waals surface area contributed by atoms with Gasteiger partial charge in [-0.3, -0.25) is 4.79 Å². The summed E-state index contributed by atoms with van der Waals surface area (Å²) in [6, 6.07) is 0. The van der Waals surface area contributed by atoms with Crippen molar-refractivity contribution in [1.82, 2.24) is 14.9 Å². The maximum Gasteiger partial charge on any atom is 0.228 e. The van der Waals surface area contributed by atoms with Gasteiger partial charge in [-0.2, -0.15) is 0 Å². The summed E-state index contributed by atoms with van der Waals surface area (Å²) in [4.78, 5) is 21.7. The third-order valence-electron chi connectivity index (χ3n) is 2.21. The van der Waals surface area contributed by atoms with E-state index < -0.39 is 0 Å². The number of aromatic nitrogens is 2. The molecule has 0 aromatic carbocycles. The van der Waals surface area contributed by atoms with Crippen LogP contribution in [0.1, 0.15) is 11.4 Å². The van der Waals surface area contributed by atoms with E-state index in [2.05, 4.69) is 9.97 Å². The maximum atomic E-state index is 11.9. The van der Waals surface area contributed by atoms with Crippen LogP contribution in [-0.2, 0) is 17.8 Å². The van der Waals surface area contributed by atoms with Gasteiger partial charge < -0.3 is 10.6 Å². The number of likely N-dealkylation sites (N-methyl/N-ethyl adjacent to an activating group) is 1. The topological polar surface area (TPSA) is 72.1 Å². The second-order valence-corrected chi connectivity index (χ2v) is 5.19. The van der Waals surface area contributed by atoms with Gasteiger partial charge in [0.2, 0.25) is 5.91 Å². The van der Waals surface area contributed by atoms with Crippen molar-refractivity contribution in [3.8, 4) is 0 Å². The lowest BCUT2D eigenvalue weighted by Gasteiger charge is -2.14. The van der Waals surface area contributed by atoms with E-state index >= 15 is 0 Å². The fraction of sp³-hybridized carbons (Fsp3) is 0.300. The number of amides is 1. The number of nitrogens with zero attached hydrogens (tertiary/aromatic N) is 3. The molecule has 2 N–H and O–H groups in total. The Morgan fingerprint density at radius 3 is 2.88 bits per heavy atom. The van der Waals surface area contributed by atoms with Gasteiger partial charge in [-0.1, -0.05) is 0 Å². The second-order valence-electron chi connectivity index (χ2n) is 3.58. The number of rotatable bonds is 4. The van der Waals surface area contributed by atoms with Crippen LogP contribution in [-0.4, -0.2) is 27.8 Å². The van der Waals surface area contributed by atoms with Crippen molar-refractivity contribution >= 4 is 33.7 Å². The molecule has 0 aliphatic rings. The van der Waals surface area contributed by atoms with Gasteiger partial charge in [0, 0.05) is 17.8 Å². The monoisotopic (exact) mass is 268 g/mol. The quantitative estimate of drug-likeness (QED) is 0.909. The molecule has 2 rings (SSSR count). The number of hydrogen-bond donors (Lipinski definition) is 1. The number of hydrogen-bond acceptors (Lipinski definition) is 6. The van der Waals surface area contributed by atoms with E-state index in [0.29, 0.717) is 11.7 Å². The average molecular weight is 268 g/mol. The summed E-state index contributed by atoms with van der Waals surface area (Å²) in [5.41, 5.74) is 8.90. The zero-order valence-corrected chi connectivity index (χ0v) is 10.9. The molecule has 0 saturated carbocycles. The van der Waals surface area contributed by atoms with E-state index in [4.69, 9.17) is 5.73 Å². The summed E-state index contributed by atoms with van der Waals surface area (Å²) in [7, 11) is 1.76. The van der Waals surface area contributed by atoms with Crippen LogP contribution in [0, 0.1) is 0 Å². The first kappa shape index (κ1) is 12.0. The molecule has 0 aliphatic carbocycles. The Kier molecular flexibility index (Phi) is 3.70. The zero-order chi connectivity index (χ0) is 12.3. The van der Waals surface area contributed by atoms with Gasteiger partial charge in [0.05, 0.1) is 29.9 Å². The van der Waals surface area contributed by atoms with Gasteiger partial charge in [0.15, 0.2) is 5.13 Å². The molecular weight excluding hydrogens is 256 g/mol. The minimum atomic E-state index is 0.0169. The summed E-state index contributed by atoms with van der Waals surface area (Å²) in [5.74, 6) is 0.0169. The molecule has 0 fully saturated rings. The van der Waals surface area contributed by atoms with Crippen LogP contribution in [0.5, 0.6) is 0 Å². The SMILES string of the molecule is CN(Cc1cscn1)C(=O)Cc1csc(N)n1. The highest BCUT2D eigenvalue weighted by Gasteiger charge is 2.12. The smallest absolute Gasteiger partial charge is 0.228 e. The molecule has 0 atom stereocenters. The minimum Gasteiger partial charge on any atom is -0.375 e. The highest BCUT2D eigenvalue weighted by Crippen LogP contribution is 2.12. The van der Waals surface area contributed by atoms with Gasteiger partial charge in [-0.15, -0.1) is 22.7 Å². The number of carbonyl (C=O) groups excluding carboxylic acids is 1.